The zero-order valence-corrected chi connectivity index (χ0v) is 23.9. The molecule has 0 saturated heterocycles. The predicted octanol–water partition coefficient (Wildman–Crippen LogP) is -2.05. The molecule has 0 radical (unpaired) electrons. The number of carbonyl (C=O) groups excluding carboxylic acids is 5. The molecule has 14 N–H and O–H groups in total. The molecule has 0 aromatic rings. The molecule has 40 heavy (non-hydrogen) atoms. The second-order valence-corrected chi connectivity index (χ2v) is 9.89. The van der Waals surface area contributed by atoms with Crippen LogP contribution in [0.1, 0.15) is 83.5 Å². The average molecular weight is 572 g/mol. The average Bonchev–Trinajstić information content (AvgIpc) is 2.92. The van der Waals surface area contributed by atoms with Crippen LogP contribution in [0.15, 0.2) is 0 Å². The van der Waals surface area contributed by atoms with Gasteiger partial charge in [-0.2, -0.15) is 0 Å². The summed E-state index contributed by atoms with van der Waals surface area (Å²) >= 11 is 0. The first-order chi connectivity index (χ1) is 19.2. The summed E-state index contributed by atoms with van der Waals surface area (Å²) in [4.78, 5) is 60.9. The van der Waals surface area contributed by atoms with Gasteiger partial charge in [-0.3, -0.25) is 24.0 Å². The molecule has 0 rings (SSSR count). The van der Waals surface area contributed by atoms with E-state index in [-0.39, 0.29) is 43.0 Å². The molecule has 0 saturated carbocycles. The number of primary amides is 1. The first kappa shape index (κ1) is 37.2. The Morgan fingerprint density at radius 3 is 1.45 bits per heavy atom. The highest BCUT2D eigenvalue weighted by Crippen LogP contribution is 2.04. The third-order valence-electron chi connectivity index (χ3n) is 6.29. The Labute approximate surface area is 238 Å². The molecule has 14 heteroatoms. The molecule has 0 aromatic carbocycles. The van der Waals surface area contributed by atoms with Crippen molar-refractivity contribution in [1.29, 1.82) is 0 Å². The molecular formula is C26H53N9O5. The summed E-state index contributed by atoms with van der Waals surface area (Å²) in [5.41, 5.74) is 27.7. The summed E-state index contributed by atoms with van der Waals surface area (Å²) in [5, 5.41) is 10.9. The highest BCUT2D eigenvalue weighted by molar-refractivity contribution is 5.88. The van der Waals surface area contributed by atoms with Crippen LogP contribution < -0.4 is 49.9 Å². The molecule has 0 aliphatic rings. The Hall–Kier alpha value is -2.81. The monoisotopic (exact) mass is 571 g/mol. The molecule has 0 fully saturated rings. The van der Waals surface area contributed by atoms with Crippen LogP contribution in [0.3, 0.4) is 0 Å². The fraction of sp³-hybridized carbons (Fsp3) is 0.808. The minimum absolute atomic E-state index is 0.105. The van der Waals surface area contributed by atoms with Crippen molar-refractivity contribution >= 4 is 29.5 Å². The molecule has 14 nitrogen and oxygen atoms in total. The summed E-state index contributed by atoms with van der Waals surface area (Å²) in [6.45, 7) is 2.05. The van der Waals surface area contributed by atoms with E-state index in [1.807, 2.05) is 0 Å². The lowest BCUT2D eigenvalue weighted by molar-refractivity contribution is -0.129. The smallest absolute Gasteiger partial charge is 0.242 e. The van der Waals surface area contributed by atoms with E-state index >= 15 is 0 Å². The van der Waals surface area contributed by atoms with Crippen molar-refractivity contribution in [2.45, 2.75) is 102 Å². The normalized spacial score (nSPS) is 13.1. The van der Waals surface area contributed by atoms with Gasteiger partial charge in [0.2, 0.25) is 29.5 Å². The Morgan fingerprint density at radius 1 is 0.550 bits per heavy atom. The fourth-order valence-electron chi connectivity index (χ4n) is 3.89. The second-order valence-electron chi connectivity index (χ2n) is 9.89. The highest BCUT2D eigenvalue weighted by Gasteiger charge is 2.21. The van der Waals surface area contributed by atoms with Crippen molar-refractivity contribution in [2.75, 3.05) is 32.7 Å². The topological polar surface area (TPSA) is 264 Å². The summed E-state index contributed by atoms with van der Waals surface area (Å²) in [6.07, 6.45) is 6.76. The molecule has 3 atom stereocenters. The number of hydrogen-bond donors (Lipinski definition) is 9. The number of amides is 5. The Balaban J connectivity index is 4.48. The third kappa shape index (κ3) is 19.3. The van der Waals surface area contributed by atoms with Crippen molar-refractivity contribution in [3.8, 4) is 0 Å². The predicted molar refractivity (Wildman–Crippen MR) is 154 cm³/mol. The Kier molecular flexibility index (Phi) is 22.3. The van der Waals surface area contributed by atoms with Gasteiger partial charge < -0.3 is 49.9 Å². The van der Waals surface area contributed by atoms with Crippen molar-refractivity contribution in [1.82, 2.24) is 21.3 Å². The van der Waals surface area contributed by atoms with E-state index in [9.17, 15) is 24.0 Å². The number of carbonyl (C=O) groups is 5. The Bertz CT molecular complexity index is 754. The molecule has 232 valence electrons. The zero-order chi connectivity index (χ0) is 30.2. The van der Waals surface area contributed by atoms with Crippen molar-refractivity contribution in [3.63, 3.8) is 0 Å². The quantitative estimate of drug-likeness (QED) is 0.0545. The first-order valence-electron chi connectivity index (χ1n) is 14.4. The van der Waals surface area contributed by atoms with Crippen LogP contribution in [0, 0.1) is 0 Å². The van der Waals surface area contributed by atoms with Crippen molar-refractivity contribution < 1.29 is 24.0 Å². The Morgan fingerprint density at radius 2 is 0.975 bits per heavy atom. The third-order valence-corrected chi connectivity index (χ3v) is 6.29. The lowest BCUT2D eigenvalue weighted by Gasteiger charge is -2.19. The van der Waals surface area contributed by atoms with Gasteiger partial charge in [-0.05, 0) is 83.8 Å². The number of nitrogens with one attached hydrogen (secondary N) is 4. The van der Waals surface area contributed by atoms with Crippen molar-refractivity contribution in [3.05, 3.63) is 0 Å². The number of hydrogen-bond acceptors (Lipinski definition) is 9. The second kappa shape index (κ2) is 24.0. The van der Waals surface area contributed by atoms with Crippen molar-refractivity contribution in [2.24, 2.45) is 28.7 Å². The maximum Gasteiger partial charge on any atom is 0.242 e. The minimum atomic E-state index is -0.748. The van der Waals surface area contributed by atoms with Crippen LogP contribution in [0.4, 0.5) is 0 Å². The molecule has 0 spiro atoms. The van der Waals surface area contributed by atoms with E-state index in [0.29, 0.717) is 77.5 Å². The minimum Gasteiger partial charge on any atom is -0.368 e. The first-order valence-corrected chi connectivity index (χ1v) is 14.4. The van der Waals surface area contributed by atoms with E-state index in [4.69, 9.17) is 28.7 Å². The summed E-state index contributed by atoms with van der Waals surface area (Å²) in [7, 11) is 0. The maximum atomic E-state index is 12.7. The highest BCUT2D eigenvalue weighted by atomic mass is 16.2. The molecule has 5 amide bonds. The summed E-state index contributed by atoms with van der Waals surface area (Å²) < 4.78 is 0. The van der Waals surface area contributed by atoms with E-state index in [2.05, 4.69) is 21.3 Å². The van der Waals surface area contributed by atoms with Gasteiger partial charge in [0, 0.05) is 25.9 Å². The van der Waals surface area contributed by atoms with Crippen LogP contribution in [0.2, 0.25) is 0 Å². The lowest BCUT2D eigenvalue weighted by Crippen LogP contribution is -2.47. The standard InChI is InChI=1S/C26H53N9O5/c27-14-4-1-9-19(30)25(39)32-17-7-13-23(37)35-21(11-3-6-16-29)26(40)33-18-8-12-22(36)34-20(24(31)38)10-2-5-15-28/h19-21H,1-18,27-30H2,(H2,31,38)(H,32,39)(H,33,40)(H,34,36)(H,35,37)/t19-,20-,21-/m0/s1. The zero-order valence-electron chi connectivity index (χ0n) is 23.9. The van der Waals surface area contributed by atoms with Crippen LogP contribution in [0.5, 0.6) is 0 Å². The van der Waals surface area contributed by atoms with Gasteiger partial charge in [0.25, 0.3) is 0 Å². The van der Waals surface area contributed by atoms with Gasteiger partial charge in [-0.25, -0.2) is 0 Å². The molecule has 0 aliphatic heterocycles. The number of rotatable bonds is 25. The van der Waals surface area contributed by atoms with Crippen LogP contribution in [-0.2, 0) is 24.0 Å². The number of unbranched alkanes of at least 4 members (excludes halogenated alkanes) is 3. The lowest BCUT2D eigenvalue weighted by atomic mass is 10.1. The van der Waals surface area contributed by atoms with Gasteiger partial charge in [-0.1, -0.05) is 6.42 Å². The van der Waals surface area contributed by atoms with Gasteiger partial charge in [-0.15, -0.1) is 0 Å². The fourth-order valence-corrected chi connectivity index (χ4v) is 3.89. The molecule has 0 unspecified atom stereocenters. The summed E-state index contributed by atoms with van der Waals surface area (Å²) in [5.74, 6) is -1.84. The molecule has 0 heterocycles. The van der Waals surface area contributed by atoms with Gasteiger partial charge in [0.05, 0.1) is 6.04 Å². The van der Waals surface area contributed by atoms with Gasteiger partial charge >= 0.3 is 0 Å². The van der Waals surface area contributed by atoms with E-state index < -0.39 is 24.0 Å². The molecular weight excluding hydrogens is 518 g/mol. The summed E-state index contributed by atoms with van der Waals surface area (Å²) in [6, 6.07) is -2.09. The van der Waals surface area contributed by atoms with E-state index in [1.54, 1.807) is 0 Å². The van der Waals surface area contributed by atoms with Crippen LogP contribution in [0.25, 0.3) is 0 Å². The molecule has 0 aliphatic carbocycles. The van der Waals surface area contributed by atoms with Crippen LogP contribution >= 0.6 is 0 Å². The number of nitrogens with two attached hydrogens (primary N) is 5. The van der Waals surface area contributed by atoms with Gasteiger partial charge in [0.15, 0.2) is 0 Å². The molecule has 0 bridgehead atoms. The maximum absolute atomic E-state index is 12.7. The molecule has 0 aromatic heterocycles. The van der Waals surface area contributed by atoms with E-state index in [1.165, 1.54) is 0 Å². The van der Waals surface area contributed by atoms with Crippen LogP contribution in [-0.4, -0.2) is 80.4 Å². The van der Waals surface area contributed by atoms with E-state index in [0.717, 1.165) is 19.3 Å². The SMILES string of the molecule is NCCCC[C@H](NC(=O)CCCNC(=O)[C@H](CCCCN)NC(=O)CCCNC(=O)[C@@H](N)CCCCN)C(N)=O. The van der Waals surface area contributed by atoms with Gasteiger partial charge in [0.1, 0.15) is 12.1 Å². The largest absolute Gasteiger partial charge is 0.368 e.